The number of methoxy groups -OCH3 is 1. The average molecular weight is 482 g/mol. The third-order valence-electron chi connectivity index (χ3n) is 7.92. The SMILES string of the molecule is COC(=O)N1C2CCC(C3CNN(CC(C)(C)O)C3)CC2N(C(=O)OC2CCCCN2)C[C@@H]1C. The van der Waals surface area contributed by atoms with E-state index in [1.165, 1.54) is 7.11 Å². The highest BCUT2D eigenvalue weighted by Crippen LogP contribution is 2.40. The second-order valence-corrected chi connectivity index (χ2v) is 11.2. The molecule has 4 rings (SSSR count). The molecule has 0 radical (unpaired) electrons. The number of hydrogen-bond donors (Lipinski definition) is 3. The Morgan fingerprint density at radius 2 is 1.85 bits per heavy atom. The lowest BCUT2D eigenvalue weighted by atomic mass is 9.73. The number of fused-ring (bicyclic) bond motifs is 1. The van der Waals surface area contributed by atoms with E-state index < -0.39 is 5.60 Å². The summed E-state index contributed by atoms with van der Waals surface area (Å²) in [6.07, 6.45) is 4.84. The molecule has 3 N–H and O–H groups in total. The molecule has 10 nitrogen and oxygen atoms in total. The van der Waals surface area contributed by atoms with Crippen LogP contribution in [0.15, 0.2) is 0 Å². The number of piperidine rings is 1. The highest BCUT2D eigenvalue weighted by molar-refractivity contribution is 5.72. The number of β-amino-alcohol motifs (C(OH)–C–C–N with tert-alkyl or cyclic N) is 1. The van der Waals surface area contributed by atoms with Gasteiger partial charge in [0.25, 0.3) is 0 Å². The highest BCUT2D eigenvalue weighted by Gasteiger charge is 2.49. The molecule has 0 aromatic carbocycles. The average Bonchev–Trinajstić information content (AvgIpc) is 3.25. The van der Waals surface area contributed by atoms with E-state index in [0.29, 0.717) is 24.9 Å². The van der Waals surface area contributed by atoms with Gasteiger partial charge in [0.15, 0.2) is 6.23 Å². The van der Waals surface area contributed by atoms with Crippen molar-refractivity contribution in [1.82, 2.24) is 25.6 Å². The van der Waals surface area contributed by atoms with E-state index >= 15 is 0 Å². The van der Waals surface area contributed by atoms with Gasteiger partial charge in [0.05, 0.1) is 30.8 Å². The third kappa shape index (κ3) is 5.78. The molecular weight excluding hydrogens is 438 g/mol. The molecule has 4 fully saturated rings. The van der Waals surface area contributed by atoms with Gasteiger partial charge < -0.3 is 19.5 Å². The van der Waals surface area contributed by atoms with Gasteiger partial charge in [-0.1, -0.05) is 0 Å². The molecule has 3 heterocycles. The molecule has 6 atom stereocenters. The molecular formula is C24H43N5O5. The topological polar surface area (TPSA) is 107 Å². The molecule has 3 aliphatic heterocycles. The van der Waals surface area contributed by atoms with Gasteiger partial charge in [0, 0.05) is 26.2 Å². The Bertz CT molecular complexity index is 725. The standard InChI is InChI=1S/C24H43N5O5/c1-16-13-28(22(30)34-21-7-5-6-10-25-21)20-11-17(8-9-19(20)29(16)23(31)33-4)18-12-26-27(14-18)15-24(2,3)32/h16-21,25-26,32H,5-15H2,1-4H3/t16-,17?,18?,19?,20?,21?/m0/s1. The van der Waals surface area contributed by atoms with Gasteiger partial charge in [-0.15, -0.1) is 0 Å². The molecule has 2 amide bonds. The minimum atomic E-state index is -0.756. The van der Waals surface area contributed by atoms with Crippen LogP contribution in [0, 0.1) is 11.8 Å². The van der Waals surface area contributed by atoms with Crippen LogP contribution in [0.2, 0.25) is 0 Å². The minimum absolute atomic E-state index is 0.0684. The zero-order valence-electron chi connectivity index (χ0n) is 21.2. The van der Waals surface area contributed by atoms with Gasteiger partial charge in [0.1, 0.15) is 0 Å². The number of aliphatic hydroxyl groups is 1. The number of carbonyl (C=O) groups excluding carboxylic acids is 2. The number of ether oxygens (including phenoxy) is 2. The molecule has 1 saturated carbocycles. The zero-order valence-corrected chi connectivity index (χ0v) is 21.2. The third-order valence-corrected chi connectivity index (χ3v) is 7.92. The van der Waals surface area contributed by atoms with Gasteiger partial charge in [-0.3, -0.25) is 15.6 Å². The number of amides is 2. The highest BCUT2D eigenvalue weighted by atomic mass is 16.6. The molecule has 0 bridgehead atoms. The summed E-state index contributed by atoms with van der Waals surface area (Å²) < 4.78 is 11.0. The molecule has 34 heavy (non-hydrogen) atoms. The summed E-state index contributed by atoms with van der Waals surface area (Å²) in [5.74, 6) is 0.865. The van der Waals surface area contributed by atoms with Crippen LogP contribution < -0.4 is 10.7 Å². The quantitative estimate of drug-likeness (QED) is 0.558. The first-order chi connectivity index (χ1) is 16.2. The second-order valence-electron chi connectivity index (χ2n) is 11.2. The van der Waals surface area contributed by atoms with Crippen LogP contribution in [0.3, 0.4) is 0 Å². The van der Waals surface area contributed by atoms with E-state index in [-0.39, 0.29) is 36.5 Å². The smallest absolute Gasteiger partial charge is 0.411 e. The Hall–Kier alpha value is -1.62. The predicted octanol–water partition coefficient (Wildman–Crippen LogP) is 1.74. The van der Waals surface area contributed by atoms with Crippen LogP contribution in [0.25, 0.3) is 0 Å². The van der Waals surface area contributed by atoms with Crippen molar-refractivity contribution in [2.45, 2.75) is 89.3 Å². The van der Waals surface area contributed by atoms with E-state index in [1.54, 1.807) is 0 Å². The van der Waals surface area contributed by atoms with E-state index in [9.17, 15) is 14.7 Å². The fourth-order valence-electron chi connectivity index (χ4n) is 6.39. The number of hydrazine groups is 1. The summed E-state index contributed by atoms with van der Waals surface area (Å²) in [5.41, 5.74) is 2.68. The molecule has 0 spiro atoms. The Morgan fingerprint density at radius 1 is 1.06 bits per heavy atom. The number of hydrogen-bond acceptors (Lipinski definition) is 8. The molecule has 4 aliphatic rings. The molecule has 5 unspecified atom stereocenters. The molecule has 0 aromatic heterocycles. The van der Waals surface area contributed by atoms with Crippen molar-refractivity contribution in [3.8, 4) is 0 Å². The van der Waals surface area contributed by atoms with E-state index in [1.807, 2.05) is 30.6 Å². The maximum absolute atomic E-state index is 13.3. The maximum atomic E-state index is 13.3. The van der Waals surface area contributed by atoms with Crippen LogP contribution in [-0.2, 0) is 9.47 Å². The van der Waals surface area contributed by atoms with Gasteiger partial charge >= 0.3 is 12.2 Å². The zero-order chi connectivity index (χ0) is 24.5. The number of nitrogens with zero attached hydrogens (tertiary/aromatic N) is 3. The van der Waals surface area contributed by atoms with Crippen molar-refractivity contribution in [2.24, 2.45) is 11.8 Å². The van der Waals surface area contributed by atoms with Crippen LogP contribution in [-0.4, -0.2) is 102 Å². The number of piperazine rings is 1. The number of rotatable bonds is 4. The lowest BCUT2D eigenvalue weighted by Crippen LogP contribution is -2.67. The predicted molar refractivity (Wildman–Crippen MR) is 127 cm³/mol. The first-order valence-corrected chi connectivity index (χ1v) is 12.9. The van der Waals surface area contributed by atoms with Crippen LogP contribution in [0.1, 0.15) is 59.3 Å². The number of nitrogens with one attached hydrogen (secondary N) is 2. The monoisotopic (exact) mass is 481 g/mol. The summed E-state index contributed by atoms with van der Waals surface area (Å²) in [5, 5.41) is 15.6. The summed E-state index contributed by atoms with van der Waals surface area (Å²) in [6.45, 7) is 9.25. The molecule has 10 heteroatoms. The first-order valence-electron chi connectivity index (χ1n) is 12.9. The largest absolute Gasteiger partial charge is 0.453 e. The van der Waals surface area contributed by atoms with E-state index in [0.717, 1.165) is 58.2 Å². The van der Waals surface area contributed by atoms with Crippen LogP contribution in [0.5, 0.6) is 0 Å². The molecule has 1 aliphatic carbocycles. The first kappa shape index (κ1) is 25.5. The maximum Gasteiger partial charge on any atom is 0.411 e. The summed E-state index contributed by atoms with van der Waals surface area (Å²) in [4.78, 5) is 29.7. The van der Waals surface area contributed by atoms with Crippen molar-refractivity contribution in [3.05, 3.63) is 0 Å². The summed E-state index contributed by atoms with van der Waals surface area (Å²) in [6, 6.07) is -0.290. The van der Waals surface area contributed by atoms with Gasteiger partial charge in [0.2, 0.25) is 0 Å². The Morgan fingerprint density at radius 3 is 2.53 bits per heavy atom. The van der Waals surface area contributed by atoms with Crippen LogP contribution >= 0.6 is 0 Å². The molecule has 194 valence electrons. The summed E-state index contributed by atoms with van der Waals surface area (Å²) >= 11 is 0. The van der Waals surface area contributed by atoms with Crippen molar-refractivity contribution in [3.63, 3.8) is 0 Å². The van der Waals surface area contributed by atoms with E-state index in [4.69, 9.17) is 9.47 Å². The molecule has 3 saturated heterocycles. The summed E-state index contributed by atoms with van der Waals surface area (Å²) in [7, 11) is 1.42. The fourth-order valence-corrected chi connectivity index (χ4v) is 6.39. The lowest BCUT2D eigenvalue weighted by Gasteiger charge is -2.53. The molecule has 0 aromatic rings. The van der Waals surface area contributed by atoms with Gasteiger partial charge in [-0.2, -0.15) is 0 Å². The van der Waals surface area contributed by atoms with Crippen molar-refractivity contribution < 1.29 is 24.2 Å². The van der Waals surface area contributed by atoms with Gasteiger partial charge in [-0.05, 0) is 77.7 Å². The lowest BCUT2D eigenvalue weighted by molar-refractivity contribution is -0.0515. The van der Waals surface area contributed by atoms with Crippen molar-refractivity contribution >= 4 is 12.2 Å². The van der Waals surface area contributed by atoms with E-state index in [2.05, 4.69) is 15.8 Å². The number of carbonyl (C=O) groups is 2. The van der Waals surface area contributed by atoms with Crippen molar-refractivity contribution in [1.29, 1.82) is 0 Å². The van der Waals surface area contributed by atoms with Gasteiger partial charge in [-0.25, -0.2) is 14.6 Å². The minimum Gasteiger partial charge on any atom is -0.453 e. The normalized spacial score (nSPS) is 35.1. The second kappa shape index (κ2) is 10.6. The van der Waals surface area contributed by atoms with Crippen molar-refractivity contribution in [2.75, 3.05) is 39.8 Å². The Labute approximate surface area is 203 Å². The Balaban J connectivity index is 1.47. The Kier molecular flexibility index (Phi) is 7.91. The fraction of sp³-hybridized carbons (Fsp3) is 0.917. The van der Waals surface area contributed by atoms with Crippen LogP contribution in [0.4, 0.5) is 9.59 Å².